The minimum absolute atomic E-state index is 0.303. The first kappa shape index (κ1) is 19.7. The molecule has 0 aromatic heterocycles. The first-order valence-corrected chi connectivity index (χ1v) is 9.84. The van der Waals surface area contributed by atoms with E-state index in [0.29, 0.717) is 29.6 Å². The van der Waals surface area contributed by atoms with E-state index in [4.69, 9.17) is 9.47 Å². The van der Waals surface area contributed by atoms with Gasteiger partial charge in [-0.05, 0) is 50.0 Å². The van der Waals surface area contributed by atoms with Crippen molar-refractivity contribution in [3.05, 3.63) is 11.6 Å². The smallest absolute Gasteiger partial charge is 0.155 e. The standard InChI is InChI=1S/C21H36O3/c1-21(14-8-10-20(21)24-3)13-7-5-4-6-9-17-15-19(22)12-11-18(17)16-23-2/h15,18,20H,4-14,16H2,1-3H3. The number of ether oxygens (including phenoxy) is 2. The van der Waals surface area contributed by atoms with E-state index in [1.54, 1.807) is 7.11 Å². The van der Waals surface area contributed by atoms with Gasteiger partial charge in [-0.1, -0.05) is 38.2 Å². The first-order valence-electron chi connectivity index (χ1n) is 9.84. The van der Waals surface area contributed by atoms with Gasteiger partial charge >= 0.3 is 0 Å². The van der Waals surface area contributed by atoms with Crippen molar-refractivity contribution in [1.29, 1.82) is 0 Å². The van der Waals surface area contributed by atoms with Crippen LogP contribution >= 0.6 is 0 Å². The molecule has 0 saturated heterocycles. The van der Waals surface area contributed by atoms with E-state index in [9.17, 15) is 4.79 Å². The molecule has 3 nitrogen and oxygen atoms in total. The van der Waals surface area contributed by atoms with Crippen LogP contribution in [0.15, 0.2) is 11.6 Å². The summed E-state index contributed by atoms with van der Waals surface area (Å²) in [7, 11) is 3.62. The second kappa shape index (κ2) is 9.72. The average Bonchev–Trinajstić information content (AvgIpc) is 2.94. The second-order valence-corrected chi connectivity index (χ2v) is 8.06. The Hall–Kier alpha value is -0.670. The Labute approximate surface area is 148 Å². The van der Waals surface area contributed by atoms with Gasteiger partial charge in [-0.3, -0.25) is 4.79 Å². The predicted octanol–water partition coefficient (Wildman–Crippen LogP) is 5.08. The van der Waals surface area contributed by atoms with Gasteiger partial charge < -0.3 is 9.47 Å². The van der Waals surface area contributed by atoms with Crippen LogP contribution in [0.5, 0.6) is 0 Å². The summed E-state index contributed by atoms with van der Waals surface area (Å²) >= 11 is 0. The third-order valence-electron chi connectivity index (χ3n) is 6.22. The molecular weight excluding hydrogens is 300 g/mol. The Morgan fingerprint density at radius 3 is 2.71 bits per heavy atom. The fourth-order valence-electron chi connectivity index (χ4n) is 4.67. The monoisotopic (exact) mass is 336 g/mol. The lowest BCUT2D eigenvalue weighted by atomic mass is 9.81. The maximum atomic E-state index is 11.7. The summed E-state index contributed by atoms with van der Waals surface area (Å²) in [6.45, 7) is 3.16. The topological polar surface area (TPSA) is 35.5 Å². The molecule has 1 saturated carbocycles. The molecule has 0 amide bonds. The van der Waals surface area contributed by atoms with Gasteiger partial charge in [0.05, 0.1) is 12.7 Å². The molecule has 0 spiro atoms. The third-order valence-corrected chi connectivity index (χ3v) is 6.22. The van der Waals surface area contributed by atoms with Crippen LogP contribution in [0, 0.1) is 11.3 Å². The number of methoxy groups -OCH3 is 2. The summed E-state index contributed by atoms with van der Waals surface area (Å²) in [5.74, 6) is 0.768. The Kier molecular flexibility index (Phi) is 7.96. The molecule has 138 valence electrons. The molecule has 0 aliphatic heterocycles. The van der Waals surface area contributed by atoms with E-state index in [1.807, 2.05) is 13.2 Å². The molecule has 3 atom stereocenters. The fourth-order valence-corrected chi connectivity index (χ4v) is 4.67. The van der Waals surface area contributed by atoms with Gasteiger partial charge in [0.25, 0.3) is 0 Å². The van der Waals surface area contributed by atoms with Crippen LogP contribution in [0.25, 0.3) is 0 Å². The van der Waals surface area contributed by atoms with Crippen molar-refractivity contribution in [3.8, 4) is 0 Å². The lowest BCUT2D eigenvalue weighted by Crippen LogP contribution is -2.28. The molecular formula is C21H36O3. The van der Waals surface area contributed by atoms with E-state index in [2.05, 4.69) is 6.92 Å². The molecule has 2 aliphatic carbocycles. The predicted molar refractivity (Wildman–Crippen MR) is 98.1 cm³/mol. The molecule has 0 radical (unpaired) electrons. The number of ketones is 1. The Balaban J connectivity index is 1.64. The molecule has 0 aromatic carbocycles. The van der Waals surface area contributed by atoms with Gasteiger partial charge in [-0.25, -0.2) is 0 Å². The molecule has 3 unspecified atom stereocenters. The van der Waals surface area contributed by atoms with E-state index in [0.717, 1.165) is 19.4 Å². The van der Waals surface area contributed by atoms with Gasteiger partial charge in [-0.15, -0.1) is 0 Å². The van der Waals surface area contributed by atoms with Gasteiger partial charge in [0.1, 0.15) is 0 Å². The number of allylic oxidation sites excluding steroid dienone is 1. The number of carbonyl (C=O) groups excluding carboxylic acids is 1. The SMILES string of the molecule is COCC1CCC(=O)C=C1CCCCCCC1(C)CCCC1OC. The van der Waals surface area contributed by atoms with E-state index < -0.39 is 0 Å². The van der Waals surface area contributed by atoms with Crippen molar-refractivity contribution < 1.29 is 14.3 Å². The summed E-state index contributed by atoms with van der Waals surface area (Å²) in [6, 6.07) is 0. The van der Waals surface area contributed by atoms with Crippen LogP contribution in [-0.4, -0.2) is 32.7 Å². The van der Waals surface area contributed by atoms with Crippen molar-refractivity contribution >= 4 is 5.78 Å². The lowest BCUT2D eigenvalue weighted by molar-refractivity contribution is -0.115. The van der Waals surface area contributed by atoms with Crippen molar-refractivity contribution in [1.82, 2.24) is 0 Å². The number of rotatable bonds is 10. The summed E-state index contributed by atoms with van der Waals surface area (Å²) < 4.78 is 11.0. The zero-order valence-corrected chi connectivity index (χ0v) is 15.9. The van der Waals surface area contributed by atoms with Crippen LogP contribution in [-0.2, 0) is 14.3 Å². The minimum Gasteiger partial charge on any atom is -0.384 e. The van der Waals surface area contributed by atoms with Gasteiger partial charge in [-0.2, -0.15) is 0 Å². The van der Waals surface area contributed by atoms with Gasteiger partial charge in [0.2, 0.25) is 0 Å². The molecule has 2 rings (SSSR count). The Morgan fingerprint density at radius 1 is 1.17 bits per heavy atom. The summed E-state index contributed by atoms with van der Waals surface area (Å²) in [6.07, 6.45) is 15.3. The Morgan fingerprint density at radius 2 is 1.96 bits per heavy atom. The molecule has 24 heavy (non-hydrogen) atoms. The third kappa shape index (κ3) is 5.42. The van der Waals surface area contributed by atoms with Crippen molar-refractivity contribution in [3.63, 3.8) is 0 Å². The van der Waals surface area contributed by atoms with E-state index >= 15 is 0 Å². The summed E-state index contributed by atoms with van der Waals surface area (Å²) in [4.78, 5) is 11.7. The van der Waals surface area contributed by atoms with Crippen molar-refractivity contribution in [2.45, 2.75) is 83.7 Å². The highest BCUT2D eigenvalue weighted by atomic mass is 16.5. The van der Waals surface area contributed by atoms with Crippen LogP contribution < -0.4 is 0 Å². The molecule has 2 aliphatic rings. The summed E-state index contributed by atoms with van der Waals surface area (Å²) in [5, 5.41) is 0. The normalized spacial score (nSPS) is 30.6. The zero-order chi connectivity index (χ0) is 17.4. The number of unbranched alkanes of at least 4 members (excludes halogenated alkanes) is 3. The fraction of sp³-hybridized carbons (Fsp3) is 0.857. The van der Waals surface area contributed by atoms with E-state index in [1.165, 1.54) is 56.9 Å². The highest BCUT2D eigenvalue weighted by molar-refractivity contribution is 5.91. The second-order valence-electron chi connectivity index (χ2n) is 8.06. The summed E-state index contributed by atoms with van der Waals surface area (Å²) in [5.41, 5.74) is 1.73. The van der Waals surface area contributed by atoms with Crippen LogP contribution in [0.1, 0.15) is 77.6 Å². The average molecular weight is 337 g/mol. The Bertz CT molecular complexity index is 429. The maximum absolute atomic E-state index is 11.7. The van der Waals surface area contributed by atoms with Crippen LogP contribution in [0.4, 0.5) is 0 Å². The molecule has 0 N–H and O–H groups in total. The largest absolute Gasteiger partial charge is 0.384 e. The van der Waals surface area contributed by atoms with Gasteiger partial charge in [0.15, 0.2) is 5.78 Å². The zero-order valence-electron chi connectivity index (χ0n) is 15.9. The van der Waals surface area contributed by atoms with Crippen molar-refractivity contribution in [2.75, 3.05) is 20.8 Å². The molecule has 0 bridgehead atoms. The highest BCUT2D eigenvalue weighted by Crippen LogP contribution is 2.43. The number of hydrogen-bond acceptors (Lipinski definition) is 3. The molecule has 0 heterocycles. The van der Waals surface area contributed by atoms with Crippen LogP contribution in [0.3, 0.4) is 0 Å². The van der Waals surface area contributed by atoms with E-state index in [-0.39, 0.29) is 0 Å². The van der Waals surface area contributed by atoms with Crippen molar-refractivity contribution in [2.24, 2.45) is 11.3 Å². The number of hydrogen-bond donors (Lipinski definition) is 0. The minimum atomic E-state index is 0.303. The molecule has 3 heteroatoms. The molecule has 1 fully saturated rings. The quantitative estimate of drug-likeness (QED) is 0.522. The first-order chi connectivity index (χ1) is 11.6. The molecule has 0 aromatic rings. The van der Waals surface area contributed by atoms with Gasteiger partial charge in [0, 0.05) is 26.6 Å². The maximum Gasteiger partial charge on any atom is 0.155 e. The van der Waals surface area contributed by atoms with Crippen LogP contribution in [0.2, 0.25) is 0 Å². The number of carbonyl (C=O) groups is 1. The highest BCUT2D eigenvalue weighted by Gasteiger charge is 2.38. The lowest BCUT2D eigenvalue weighted by Gasteiger charge is -2.30.